The number of nitrogens with zero attached hydrogens (tertiary/aromatic N) is 3. The van der Waals surface area contributed by atoms with Crippen molar-refractivity contribution >= 4 is 27.3 Å². The largest absolute Gasteiger partial charge is 0.504 e. The van der Waals surface area contributed by atoms with Gasteiger partial charge in [-0.15, -0.1) is 0 Å². The molecule has 0 amide bonds. The summed E-state index contributed by atoms with van der Waals surface area (Å²) in [5.41, 5.74) is 0.147. The Bertz CT molecular complexity index is 1090. The molecule has 2 heterocycles. The molecule has 1 atom stereocenters. The first kappa shape index (κ1) is 20.7. The van der Waals surface area contributed by atoms with Crippen molar-refractivity contribution in [3.63, 3.8) is 0 Å². The summed E-state index contributed by atoms with van der Waals surface area (Å²) in [5.74, 6) is 1.60. The number of furan rings is 1. The molecule has 0 bridgehead atoms. The summed E-state index contributed by atoms with van der Waals surface area (Å²) in [4.78, 5) is -0.226. The van der Waals surface area contributed by atoms with Crippen molar-refractivity contribution in [1.82, 2.24) is 14.6 Å². The molecule has 2 aromatic heterocycles. The van der Waals surface area contributed by atoms with Gasteiger partial charge in [0.15, 0.2) is 5.75 Å². The molecule has 0 radical (unpaired) electrons. The fourth-order valence-corrected chi connectivity index (χ4v) is 3.70. The molecule has 0 saturated carbocycles. The predicted octanol–water partition coefficient (Wildman–Crippen LogP) is 3.23. The van der Waals surface area contributed by atoms with E-state index in [9.17, 15) is 13.5 Å². The number of hydrogen-bond donors (Lipinski definition) is 3. The Kier molecular flexibility index (Phi) is 5.80. The molecule has 3 aromatic rings. The minimum Gasteiger partial charge on any atom is -0.504 e. The summed E-state index contributed by atoms with van der Waals surface area (Å²) < 4.78 is 36.3. The van der Waals surface area contributed by atoms with E-state index < -0.39 is 15.8 Å². The van der Waals surface area contributed by atoms with Crippen LogP contribution in [-0.4, -0.2) is 42.2 Å². The third-order valence-corrected chi connectivity index (χ3v) is 6.17. The number of rotatable bonds is 8. The fraction of sp³-hybridized carbons (Fsp3) is 0.333. The number of phenolic OH excluding ortho intramolecular Hbond substituents is 1. The molecule has 29 heavy (non-hydrogen) atoms. The van der Waals surface area contributed by atoms with Crippen molar-refractivity contribution in [3.05, 3.63) is 41.9 Å². The summed E-state index contributed by atoms with van der Waals surface area (Å²) in [7, 11) is -1.04. The van der Waals surface area contributed by atoms with Gasteiger partial charge in [0.25, 0.3) is 0 Å². The molecule has 0 fully saturated rings. The van der Waals surface area contributed by atoms with E-state index in [2.05, 4.69) is 20.9 Å². The van der Waals surface area contributed by atoms with Gasteiger partial charge < -0.3 is 20.2 Å². The molecule has 11 heteroatoms. The molecule has 10 nitrogen and oxygen atoms in total. The third-order valence-electron chi connectivity index (χ3n) is 4.32. The van der Waals surface area contributed by atoms with Gasteiger partial charge >= 0.3 is 0 Å². The summed E-state index contributed by atoms with van der Waals surface area (Å²) in [6.07, 6.45) is 0.709. The highest BCUT2D eigenvalue weighted by molar-refractivity contribution is 7.89. The smallest absolute Gasteiger partial charge is 0.246 e. The van der Waals surface area contributed by atoms with Crippen LogP contribution in [0.3, 0.4) is 0 Å². The molecule has 0 aliphatic carbocycles. The van der Waals surface area contributed by atoms with Gasteiger partial charge in [0.2, 0.25) is 21.7 Å². The Morgan fingerprint density at radius 1 is 1.17 bits per heavy atom. The lowest BCUT2D eigenvalue weighted by molar-refractivity contribution is 0.310. The first-order valence-electron chi connectivity index (χ1n) is 8.91. The average molecular weight is 421 g/mol. The van der Waals surface area contributed by atoms with E-state index in [-0.39, 0.29) is 22.4 Å². The number of aryl methyl sites for hydroxylation is 1. The van der Waals surface area contributed by atoms with E-state index in [1.165, 1.54) is 32.3 Å². The van der Waals surface area contributed by atoms with Crippen molar-refractivity contribution in [3.8, 4) is 5.75 Å². The lowest BCUT2D eigenvalue weighted by Gasteiger charge is -2.16. The van der Waals surface area contributed by atoms with E-state index in [1.54, 1.807) is 0 Å². The normalized spacial score (nSPS) is 12.9. The summed E-state index contributed by atoms with van der Waals surface area (Å²) in [6, 6.07) is 7.93. The van der Waals surface area contributed by atoms with Crippen molar-refractivity contribution in [2.45, 2.75) is 31.2 Å². The topological polar surface area (TPSA) is 134 Å². The van der Waals surface area contributed by atoms with Crippen molar-refractivity contribution in [2.75, 3.05) is 24.7 Å². The molecular weight excluding hydrogens is 398 g/mol. The zero-order chi connectivity index (χ0) is 21.2. The lowest BCUT2D eigenvalue weighted by atomic mass is 10.2. The standard InChI is InChI=1S/C18H23N5O5S/c1-5-12(14-10-9-11(2)27-14)19-17-18(22-28-21-17)20-13-7-6-8-15(16(13)24)29(25,26)23(3)4/h6-10,12,24H,5H2,1-4H3,(H,19,21)(H,20,22)/t12-/m1/s1. The quantitative estimate of drug-likeness (QED) is 0.469. The number of aromatic hydroxyl groups is 1. The van der Waals surface area contributed by atoms with Crippen LogP contribution in [0.4, 0.5) is 17.3 Å². The minimum absolute atomic E-state index is 0.147. The number of aromatic nitrogens is 2. The number of anilines is 3. The number of nitrogens with one attached hydrogen (secondary N) is 2. The van der Waals surface area contributed by atoms with Crippen molar-refractivity contribution in [1.29, 1.82) is 0 Å². The van der Waals surface area contributed by atoms with Crippen LogP contribution in [-0.2, 0) is 10.0 Å². The van der Waals surface area contributed by atoms with E-state index >= 15 is 0 Å². The van der Waals surface area contributed by atoms with Crippen LogP contribution in [0.2, 0.25) is 0 Å². The minimum atomic E-state index is -3.82. The average Bonchev–Trinajstić information content (AvgIpc) is 3.29. The second kappa shape index (κ2) is 8.13. The van der Waals surface area contributed by atoms with Gasteiger partial charge in [-0.1, -0.05) is 13.0 Å². The zero-order valence-electron chi connectivity index (χ0n) is 16.5. The Hall–Kier alpha value is -3.05. The van der Waals surface area contributed by atoms with Crippen molar-refractivity contribution in [2.24, 2.45) is 0 Å². The Morgan fingerprint density at radius 3 is 2.52 bits per heavy atom. The second-order valence-corrected chi connectivity index (χ2v) is 8.70. The molecule has 3 rings (SSSR count). The Labute approximate surface area is 168 Å². The van der Waals surface area contributed by atoms with E-state index in [4.69, 9.17) is 9.05 Å². The maximum absolute atomic E-state index is 12.4. The van der Waals surface area contributed by atoms with Crippen LogP contribution in [0.25, 0.3) is 0 Å². The fourth-order valence-electron chi connectivity index (χ4n) is 2.70. The van der Waals surface area contributed by atoms with Crippen LogP contribution in [0.5, 0.6) is 5.75 Å². The summed E-state index contributed by atoms with van der Waals surface area (Å²) in [5, 5.41) is 24.2. The maximum atomic E-state index is 12.4. The van der Waals surface area contributed by atoms with Crippen LogP contribution in [0.1, 0.15) is 30.9 Å². The number of para-hydroxylation sites is 1. The van der Waals surface area contributed by atoms with Gasteiger partial charge in [-0.3, -0.25) is 0 Å². The van der Waals surface area contributed by atoms with E-state index in [0.717, 1.165) is 15.8 Å². The molecule has 1 aromatic carbocycles. The molecular formula is C18H23N5O5S. The van der Waals surface area contributed by atoms with Crippen LogP contribution < -0.4 is 10.6 Å². The lowest BCUT2D eigenvalue weighted by Crippen LogP contribution is -2.22. The number of phenols is 1. The highest BCUT2D eigenvalue weighted by Crippen LogP contribution is 2.35. The molecule has 0 aliphatic heterocycles. The van der Waals surface area contributed by atoms with Crippen LogP contribution >= 0.6 is 0 Å². The predicted molar refractivity (Wildman–Crippen MR) is 107 cm³/mol. The highest BCUT2D eigenvalue weighted by atomic mass is 32.2. The third kappa shape index (κ3) is 4.20. The monoisotopic (exact) mass is 421 g/mol. The van der Waals surface area contributed by atoms with Gasteiger partial charge in [-0.2, -0.15) is 0 Å². The van der Waals surface area contributed by atoms with Gasteiger partial charge in [0.1, 0.15) is 16.4 Å². The SMILES string of the molecule is CC[C@@H](Nc1nonc1Nc1cccc(S(=O)(=O)N(C)C)c1O)c1ccc(C)o1. The molecule has 0 unspecified atom stereocenters. The van der Waals surface area contributed by atoms with Gasteiger partial charge in [0.05, 0.1) is 11.7 Å². The molecule has 3 N–H and O–H groups in total. The van der Waals surface area contributed by atoms with Crippen molar-refractivity contribution < 1.29 is 22.6 Å². The van der Waals surface area contributed by atoms with Gasteiger partial charge in [0, 0.05) is 14.1 Å². The first-order chi connectivity index (χ1) is 13.7. The molecule has 156 valence electrons. The number of benzene rings is 1. The number of hydrogen-bond acceptors (Lipinski definition) is 9. The van der Waals surface area contributed by atoms with E-state index in [1.807, 2.05) is 26.0 Å². The highest BCUT2D eigenvalue weighted by Gasteiger charge is 2.24. The molecule has 0 saturated heterocycles. The van der Waals surface area contributed by atoms with Gasteiger partial charge in [-0.25, -0.2) is 17.4 Å². The second-order valence-electron chi connectivity index (χ2n) is 6.58. The molecule has 0 aliphatic rings. The Morgan fingerprint density at radius 2 is 1.90 bits per heavy atom. The van der Waals surface area contributed by atoms with Crippen LogP contribution in [0.15, 0.2) is 44.3 Å². The zero-order valence-corrected chi connectivity index (χ0v) is 17.3. The summed E-state index contributed by atoms with van der Waals surface area (Å²) >= 11 is 0. The van der Waals surface area contributed by atoms with Gasteiger partial charge in [-0.05, 0) is 47.9 Å². The van der Waals surface area contributed by atoms with E-state index in [0.29, 0.717) is 12.2 Å². The maximum Gasteiger partial charge on any atom is 0.246 e. The molecule has 0 spiro atoms. The first-order valence-corrected chi connectivity index (χ1v) is 10.3. The number of sulfonamides is 1. The van der Waals surface area contributed by atoms with Crippen LogP contribution in [0, 0.1) is 6.92 Å². The Balaban J connectivity index is 1.87. The summed E-state index contributed by atoms with van der Waals surface area (Å²) in [6.45, 7) is 3.84.